The van der Waals surface area contributed by atoms with Crippen molar-refractivity contribution in [2.75, 3.05) is 5.32 Å². The predicted octanol–water partition coefficient (Wildman–Crippen LogP) is 5.19. The monoisotopic (exact) mass is 438 g/mol. The third kappa shape index (κ3) is 4.98. The number of carbonyl (C=O) groups excluding carboxylic acids is 2. The van der Waals surface area contributed by atoms with Gasteiger partial charge in [0.15, 0.2) is 5.69 Å². The third-order valence-corrected chi connectivity index (χ3v) is 4.28. The number of amides is 1. The van der Waals surface area contributed by atoms with E-state index in [1.165, 1.54) is 18.2 Å². The number of aromatic nitrogens is 1. The van der Waals surface area contributed by atoms with Gasteiger partial charge in [-0.15, -0.1) is 0 Å². The molecule has 1 atom stereocenters. The Morgan fingerprint density at radius 3 is 2.43 bits per heavy atom. The molecular weight excluding hydrogens is 425 g/mol. The van der Waals surface area contributed by atoms with Gasteiger partial charge >= 0.3 is 12.1 Å². The summed E-state index contributed by atoms with van der Waals surface area (Å²) in [5.74, 6) is -1.47. The number of alkyl halides is 3. The van der Waals surface area contributed by atoms with Crippen LogP contribution in [0.5, 0.6) is 0 Å². The number of carbonyl (C=O) groups is 2. The van der Waals surface area contributed by atoms with Gasteiger partial charge in [0.05, 0.1) is 16.3 Å². The number of ether oxygens (including phenoxy) is 1. The topological polar surface area (TPSA) is 81.4 Å². The first kappa shape index (κ1) is 21.4. The van der Waals surface area contributed by atoms with Gasteiger partial charge in [-0.25, -0.2) is 4.79 Å². The standard InChI is InChI=1S/C20H14ClF3N2O4/c1-11-9-16(26-30-11)19(28)29-17(12-5-3-2-4-6-12)18(27)25-15-10-13(20(22,23)24)7-8-14(15)21/h2-10,17H,1H3,(H,25,27)/t17-/m0/s1. The number of aryl methyl sites for hydroxylation is 1. The first-order valence-corrected chi connectivity index (χ1v) is 8.90. The molecule has 0 fully saturated rings. The lowest BCUT2D eigenvalue weighted by Gasteiger charge is -2.18. The van der Waals surface area contributed by atoms with Crippen molar-refractivity contribution < 1.29 is 32.0 Å². The van der Waals surface area contributed by atoms with Crippen molar-refractivity contribution in [1.82, 2.24) is 5.16 Å². The molecule has 3 rings (SSSR count). The summed E-state index contributed by atoms with van der Waals surface area (Å²) in [5, 5.41) is 5.71. The minimum absolute atomic E-state index is 0.110. The fourth-order valence-electron chi connectivity index (χ4n) is 2.53. The van der Waals surface area contributed by atoms with E-state index < -0.39 is 29.7 Å². The highest BCUT2D eigenvalue weighted by Crippen LogP contribution is 2.34. The number of esters is 1. The SMILES string of the molecule is Cc1cc(C(=O)O[C@H](C(=O)Nc2cc(C(F)(F)F)ccc2Cl)c2ccccc2)no1. The maximum absolute atomic E-state index is 13.0. The molecule has 0 bridgehead atoms. The molecule has 1 heterocycles. The van der Waals surface area contributed by atoms with E-state index in [2.05, 4.69) is 10.5 Å². The van der Waals surface area contributed by atoms with Gasteiger partial charge in [0.25, 0.3) is 5.91 Å². The van der Waals surface area contributed by atoms with Crippen LogP contribution in [0.1, 0.15) is 33.5 Å². The quantitative estimate of drug-likeness (QED) is 0.554. The maximum Gasteiger partial charge on any atom is 0.416 e. The van der Waals surface area contributed by atoms with Crippen LogP contribution in [0, 0.1) is 6.92 Å². The fraction of sp³-hybridized carbons (Fsp3) is 0.150. The summed E-state index contributed by atoms with van der Waals surface area (Å²) >= 11 is 5.93. The van der Waals surface area contributed by atoms with Crippen molar-refractivity contribution in [2.24, 2.45) is 0 Å². The van der Waals surface area contributed by atoms with Crippen LogP contribution in [0.3, 0.4) is 0 Å². The van der Waals surface area contributed by atoms with Crippen molar-refractivity contribution in [2.45, 2.75) is 19.2 Å². The van der Waals surface area contributed by atoms with Crippen molar-refractivity contribution >= 4 is 29.2 Å². The number of rotatable bonds is 5. The summed E-state index contributed by atoms with van der Waals surface area (Å²) in [6.07, 6.45) is -6.10. The number of anilines is 1. The lowest BCUT2D eigenvalue weighted by molar-refractivity contribution is -0.137. The van der Waals surface area contributed by atoms with Gasteiger partial charge in [0.2, 0.25) is 6.10 Å². The van der Waals surface area contributed by atoms with E-state index in [1.54, 1.807) is 25.1 Å². The number of hydrogen-bond donors (Lipinski definition) is 1. The molecule has 0 aliphatic heterocycles. The molecule has 10 heteroatoms. The minimum atomic E-state index is -4.62. The summed E-state index contributed by atoms with van der Waals surface area (Å²) in [6.45, 7) is 1.57. The molecule has 0 spiro atoms. The van der Waals surface area contributed by atoms with Crippen LogP contribution >= 0.6 is 11.6 Å². The molecule has 0 aliphatic rings. The van der Waals surface area contributed by atoms with Crippen molar-refractivity contribution in [1.29, 1.82) is 0 Å². The molecular formula is C20H14ClF3N2O4. The van der Waals surface area contributed by atoms with E-state index in [1.807, 2.05) is 0 Å². The van der Waals surface area contributed by atoms with E-state index in [4.69, 9.17) is 20.9 Å². The summed E-state index contributed by atoms with van der Waals surface area (Å²) in [6, 6.07) is 11.8. The van der Waals surface area contributed by atoms with Crippen molar-refractivity contribution in [3.05, 3.63) is 82.2 Å². The number of nitrogens with zero attached hydrogens (tertiary/aromatic N) is 1. The average molecular weight is 439 g/mol. The Kier molecular flexibility index (Phi) is 6.12. The Hall–Kier alpha value is -3.33. The molecule has 0 saturated heterocycles. The lowest BCUT2D eigenvalue weighted by atomic mass is 10.1. The van der Waals surface area contributed by atoms with Crippen LogP contribution in [-0.4, -0.2) is 17.0 Å². The summed E-state index contributed by atoms with van der Waals surface area (Å²) < 4.78 is 49.0. The molecule has 0 unspecified atom stereocenters. The van der Waals surface area contributed by atoms with E-state index in [0.29, 0.717) is 17.4 Å². The Labute approximate surface area is 173 Å². The summed E-state index contributed by atoms with van der Waals surface area (Å²) in [4.78, 5) is 25.2. The Balaban J connectivity index is 1.89. The second-order valence-corrected chi connectivity index (χ2v) is 6.61. The van der Waals surface area contributed by atoms with E-state index in [9.17, 15) is 22.8 Å². The van der Waals surface area contributed by atoms with E-state index in [-0.39, 0.29) is 16.4 Å². The Bertz CT molecular complexity index is 1070. The molecule has 0 saturated carbocycles. The molecule has 0 aliphatic carbocycles. The van der Waals surface area contributed by atoms with Crippen LogP contribution in [-0.2, 0) is 15.7 Å². The van der Waals surface area contributed by atoms with Crippen molar-refractivity contribution in [3.63, 3.8) is 0 Å². The van der Waals surface area contributed by atoms with Crippen LogP contribution in [0.2, 0.25) is 5.02 Å². The van der Waals surface area contributed by atoms with Gasteiger partial charge < -0.3 is 14.6 Å². The molecule has 2 aromatic carbocycles. The van der Waals surface area contributed by atoms with Crippen molar-refractivity contribution in [3.8, 4) is 0 Å². The number of hydrogen-bond acceptors (Lipinski definition) is 5. The van der Waals surface area contributed by atoms with E-state index >= 15 is 0 Å². The minimum Gasteiger partial charge on any atom is -0.442 e. The molecule has 3 aromatic rings. The second kappa shape index (κ2) is 8.58. The van der Waals surface area contributed by atoms with Gasteiger partial charge in [0.1, 0.15) is 5.76 Å². The zero-order valence-electron chi connectivity index (χ0n) is 15.4. The number of halogens is 4. The van der Waals surface area contributed by atoms with Crippen LogP contribution in [0.25, 0.3) is 0 Å². The fourth-order valence-corrected chi connectivity index (χ4v) is 2.69. The Morgan fingerprint density at radius 2 is 1.83 bits per heavy atom. The third-order valence-electron chi connectivity index (χ3n) is 3.95. The summed E-state index contributed by atoms with van der Waals surface area (Å²) in [5.41, 5.74) is -1.12. The lowest BCUT2D eigenvalue weighted by Crippen LogP contribution is -2.26. The molecule has 0 radical (unpaired) electrons. The first-order chi connectivity index (χ1) is 14.1. The van der Waals surface area contributed by atoms with E-state index in [0.717, 1.165) is 12.1 Å². The zero-order valence-corrected chi connectivity index (χ0v) is 16.1. The second-order valence-electron chi connectivity index (χ2n) is 6.20. The van der Waals surface area contributed by atoms with Crippen LogP contribution in [0.4, 0.5) is 18.9 Å². The molecule has 6 nitrogen and oxygen atoms in total. The molecule has 1 amide bonds. The smallest absolute Gasteiger partial charge is 0.416 e. The molecule has 1 N–H and O–H groups in total. The predicted molar refractivity (Wildman–Crippen MR) is 101 cm³/mol. The van der Waals surface area contributed by atoms with Gasteiger partial charge in [-0.3, -0.25) is 4.79 Å². The highest BCUT2D eigenvalue weighted by molar-refractivity contribution is 6.33. The van der Waals surface area contributed by atoms with Gasteiger partial charge in [-0.2, -0.15) is 13.2 Å². The maximum atomic E-state index is 13.0. The van der Waals surface area contributed by atoms with Crippen LogP contribution < -0.4 is 5.32 Å². The molecule has 156 valence electrons. The molecule has 30 heavy (non-hydrogen) atoms. The number of nitrogens with one attached hydrogen (secondary N) is 1. The highest BCUT2D eigenvalue weighted by atomic mass is 35.5. The Morgan fingerprint density at radius 1 is 1.13 bits per heavy atom. The van der Waals surface area contributed by atoms with Gasteiger partial charge in [-0.1, -0.05) is 47.1 Å². The average Bonchev–Trinajstić information content (AvgIpc) is 3.14. The normalized spacial score (nSPS) is 12.3. The van der Waals surface area contributed by atoms with Gasteiger partial charge in [0, 0.05) is 11.6 Å². The highest BCUT2D eigenvalue weighted by Gasteiger charge is 2.32. The van der Waals surface area contributed by atoms with Gasteiger partial charge in [-0.05, 0) is 25.1 Å². The zero-order chi connectivity index (χ0) is 21.9. The first-order valence-electron chi connectivity index (χ1n) is 8.52. The largest absolute Gasteiger partial charge is 0.442 e. The van der Waals surface area contributed by atoms with Crippen LogP contribution in [0.15, 0.2) is 59.1 Å². The summed E-state index contributed by atoms with van der Waals surface area (Å²) in [7, 11) is 0. The number of benzene rings is 2. The molecule has 1 aromatic heterocycles.